The topological polar surface area (TPSA) is 70.1 Å². The summed E-state index contributed by atoms with van der Waals surface area (Å²) >= 11 is 0. The Hall–Kier alpha value is -0.570. The average molecular weight is 102 g/mol. The molecule has 1 atom stereocenters. The van der Waals surface area contributed by atoms with Gasteiger partial charge in [-0.3, -0.25) is 5.41 Å². The van der Waals surface area contributed by atoms with Crippen LogP contribution in [0.5, 0.6) is 0 Å². The van der Waals surface area contributed by atoms with Crippen molar-refractivity contribution in [3.8, 4) is 0 Å². The van der Waals surface area contributed by atoms with Crippen molar-refractivity contribution in [1.29, 1.82) is 5.41 Å². The predicted molar refractivity (Wildman–Crippen MR) is 28.2 cm³/mol. The van der Waals surface area contributed by atoms with Gasteiger partial charge in [-0.15, -0.1) is 0 Å². The average Bonchev–Trinajstić information content (AvgIpc) is 1.65. The summed E-state index contributed by atoms with van der Waals surface area (Å²) in [5, 5.41) is 15.2. The van der Waals surface area contributed by atoms with Crippen molar-refractivity contribution in [3.63, 3.8) is 0 Å². The van der Waals surface area contributed by atoms with Crippen LogP contribution in [0, 0.1) is 5.41 Å². The quantitative estimate of drug-likeness (QED) is 0.330. The molecule has 0 aliphatic heterocycles. The van der Waals surface area contributed by atoms with Gasteiger partial charge in [0.2, 0.25) is 0 Å². The van der Waals surface area contributed by atoms with Crippen LogP contribution in [-0.2, 0) is 0 Å². The maximum absolute atomic E-state index is 8.59. The fourth-order valence-electron chi connectivity index (χ4n) is 0.220. The molecular formula is C4H10N2O. The van der Waals surface area contributed by atoms with E-state index < -0.39 is 6.10 Å². The van der Waals surface area contributed by atoms with Gasteiger partial charge < -0.3 is 10.8 Å². The zero-order chi connectivity index (χ0) is 5.86. The zero-order valence-electron chi connectivity index (χ0n) is 4.31. The standard InChI is InChI=1S/C4H10N2O/c1-2-3(7)4(5)6/h3,7H,2H2,1H3,(H3,5,6). The Morgan fingerprint density at radius 2 is 2.43 bits per heavy atom. The second-order valence-electron chi connectivity index (χ2n) is 1.38. The zero-order valence-corrected chi connectivity index (χ0v) is 4.31. The van der Waals surface area contributed by atoms with Crippen LogP contribution >= 0.6 is 0 Å². The molecule has 0 saturated carbocycles. The molecule has 0 amide bonds. The number of aliphatic hydroxyl groups is 1. The van der Waals surface area contributed by atoms with Gasteiger partial charge in [-0.2, -0.15) is 0 Å². The number of hydrogen-bond donors (Lipinski definition) is 3. The van der Waals surface area contributed by atoms with E-state index in [1.54, 1.807) is 6.92 Å². The van der Waals surface area contributed by atoms with E-state index >= 15 is 0 Å². The third-order valence-corrected chi connectivity index (χ3v) is 0.746. The third kappa shape index (κ3) is 2.17. The molecule has 3 heteroatoms. The van der Waals surface area contributed by atoms with Crippen LogP contribution in [0.1, 0.15) is 13.3 Å². The van der Waals surface area contributed by atoms with Crippen LogP contribution in [0.3, 0.4) is 0 Å². The van der Waals surface area contributed by atoms with E-state index in [-0.39, 0.29) is 5.84 Å². The Bertz CT molecular complexity index is 72.1. The van der Waals surface area contributed by atoms with Crippen molar-refractivity contribution < 1.29 is 5.11 Å². The lowest BCUT2D eigenvalue weighted by atomic mass is 10.3. The molecule has 0 rings (SSSR count). The van der Waals surface area contributed by atoms with E-state index in [0.717, 1.165) is 0 Å². The summed E-state index contributed by atoms with van der Waals surface area (Å²) in [6.45, 7) is 1.77. The summed E-state index contributed by atoms with van der Waals surface area (Å²) in [5.41, 5.74) is 4.88. The highest BCUT2D eigenvalue weighted by molar-refractivity contribution is 5.81. The van der Waals surface area contributed by atoms with Crippen molar-refractivity contribution in [2.45, 2.75) is 19.4 Å². The van der Waals surface area contributed by atoms with E-state index in [0.29, 0.717) is 6.42 Å². The molecule has 0 spiro atoms. The first-order valence-electron chi connectivity index (χ1n) is 2.20. The first-order valence-corrected chi connectivity index (χ1v) is 2.20. The third-order valence-electron chi connectivity index (χ3n) is 0.746. The van der Waals surface area contributed by atoms with E-state index in [1.807, 2.05) is 0 Å². The van der Waals surface area contributed by atoms with Gasteiger partial charge in [-0.05, 0) is 6.42 Å². The lowest BCUT2D eigenvalue weighted by molar-refractivity contribution is 0.235. The van der Waals surface area contributed by atoms with Crippen molar-refractivity contribution in [2.75, 3.05) is 0 Å². The predicted octanol–water partition coefficient (Wildman–Crippen LogP) is -0.307. The van der Waals surface area contributed by atoms with Crippen LogP contribution in [0.25, 0.3) is 0 Å². The van der Waals surface area contributed by atoms with Crippen molar-refractivity contribution in [2.24, 2.45) is 5.73 Å². The maximum atomic E-state index is 8.59. The van der Waals surface area contributed by atoms with Gasteiger partial charge in [-0.25, -0.2) is 0 Å². The molecule has 0 aliphatic carbocycles. The largest absolute Gasteiger partial charge is 0.385 e. The van der Waals surface area contributed by atoms with Gasteiger partial charge in [0.25, 0.3) is 0 Å². The van der Waals surface area contributed by atoms with Crippen LogP contribution in [-0.4, -0.2) is 17.0 Å². The van der Waals surface area contributed by atoms with Gasteiger partial charge in [0.15, 0.2) is 0 Å². The Labute approximate surface area is 42.7 Å². The lowest BCUT2D eigenvalue weighted by Crippen LogP contribution is -2.26. The second kappa shape index (κ2) is 2.58. The minimum absolute atomic E-state index is 0.150. The maximum Gasteiger partial charge on any atom is 0.120 e. The number of aliphatic hydroxyl groups excluding tert-OH is 1. The summed E-state index contributed by atoms with van der Waals surface area (Å²) < 4.78 is 0. The number of amidine groups is 1. The van der Waals surface area contributed by atoms with Crippen LogP contribution < -0.4 is 5.73 Å². The minimum atomic E-state index is -0.736. The molecule has 0 aromatic carbocycles. The van der Waals surface area contributed by atoms with E-state index in [9.17, 15) is 0 Å². The molecule has 3 nitrogen and oxygen atoms in total. The molecular weight excluding hydrogens is 92.1 g/mol. The first kappa shape index (κ1) is 6.43. The molecule has 0 aromatic heterocycles. The first-order chi connectivity index (χ1) is 3.18. The molecule has 0 heterocycles. The van der Waals surface area contributed by atoms with Gasteiger partial charge in [0.1, 0.15) is 11.9 Å². The fraction of sp³-hybridized carbons (Fsp3) is 0.750. The monoisotopic (exact) mass is 102 g/mol. The lowest BCUT2D eigenvalue weighted by Gasteiger charge is -2.01. The van der Waals surface area contributed by atoms with Gasteiger partial charge >= 0.3 is 0 Å². The molecule has 42 valence electrons. The number of hydrogen-bond acceptors (Lipinski definition) is 2. The smallest absolute Gasteiger partial charge is 0.120 e. The van der Waals surface area contributed by atoms with Gasteiger partial charge in [0.05, 0.1) is 0 Å². The number of nitrogens with two attached hydrogens (primary N) is 1. The SMILES string of the molecule is CCC(O)C(=N)N. The molecule has 7 heavy (non-hydrogen) atoms. The summed E-state index contributed by atoms with van der Waals surface area (Å²) in [6, 6.07) is 0. The van der Waals surface area contributed by atoms with Gasteiger partial charge in [-0.1, -0.05) is 6.92 Å². The molecule has 0 aromatic rings. The highest BCUT2D eigenvalue weighted by Gasteiger charge is 2.00. The van der Waals surface area contributed by atoms with Crippen LogP contribution in [0.2, 0.25) is 0 Å². The van der Waals surface area contributed by atoms with Crippen molar-refractivity contribution in [3.05, 3.63) is 0 Å². The normalized spacial score (nSPS) is 13.4. The van der Waals surface area contributed by atoms with Gasteiger partial charge in [0, 0.05) is 0 Å². The van der Waals surface area contributed by atoms with E-state index in [1.165, 1.54) is 0 Å². The Kier molecular flexibility index (Phi) is 2.37. The van der Waals surface area contributed by atoms with E-state index in [2.05, 4.69) is 0 Å². The highest BCUT2D eigenvalue weighted by atomic mass is 16.3. The molecule has 1 unspecified atom stereocenters. The summed E-state index contributed by atoms with van der Waals surface area (Å²) in [4.78, 5) is 0. The molecule has 0 bridgehead atoms. The Morgan fingerprint density at radius 1 is 2.00 bits per heavy atom. The second-order valence-corrected chi connectivity index (χ2v) is 1.38. The summed E-state index contributed by atoms with van der Waals surface area (Å²) in [5.74, 6) is -0.150. The molecule has 4 N–H and O–H groups in total. The van der Waals surface area contributed by atoms with Crippen LogP contribution in [0.4, 0.5) is 0 Å². The highest BCUT2D eigenvalue weighted by Crippen LogP contribution is 1.84. The summed E-state index contributed by atoms with van der Waals surface area (Å²) in [6.07, 6.45) is -0.213. The van der Waals surface area contributed by atoms with Crippen molar-refractivity contribution in [1.82, 2.24) is 0 Å². The molecule has 0 radical (unpaired) electrons. The fourth-order valence-corrected chi connectivity index (χ4v) is 0.220. The number of nitrogens with one attached hydrogen (secondary N) is 1. The molecule has 0 fully saturated rings. The molecule has 0 saturated heterocycles. The van der Waals surface area contributed by atoms with Crippen LogP contribution in [0.15, 0.2) is 0 Å². The van der Waals surface area contributed by atoms with Crippen molar-refractivity contribution >= 4 is 5.84 Å². The number of rotatable bonds is 2. The minimum Gasteiger partial charge on any atom is -0.385 e. The summed E-state index contributed by atoms with van der Waals surface area (Å²) in [7, 11) is 0. The Balaban J connectivity index is 3.34. The van der Waals surface area contributed by atoms with E-state index in [4.69, 9.17) is 16.2 Å². The Morgan fingerprint density at radius 3 is 2.43 bits per heavy atom. The molecule has 0 aliphatic rings.